The number of hydrogen-bond donors (Lipinski definition) is 0. The Morgan fingerprint density at radius 3 is 2.50 bits per heavy atom. The van der Waals surface area contributed by atoms with Crippen LogP contribution in [0.3, 0.4) is 0 Å². The lowest BCUT2D eigenvalue weighted by Crippen LogP contribution is -2.18. The summed E-state index contributed by atoms with van der Waals surface area (Å²) in [5, 5.41) is 0. The number of halogens is 1. The second kappa shape index (κ2) is 6.06. The standard InChI is InChI=1S/C12H15BrN4O/c1-3-10-6-16-12(18-10)8-17(2)7-11-14-4-9(13)5-15-11/h4-6H,3,7-8H2,1-2H3. The molecule has 0 saturated carbocycles. The van der Waals surface area contributed by atoms with Crippen LogP contribution in [0.1, 0.15) is 24.4 Å². The highest BCUT2D eigenvalue weighted by Crippen LogP contribution is 2.09. The molecule has 0 bridgehead atoms. The normalized spacial score (nSPS) is 11.1. The summed E-state index contributed by atoms with van der Waals surface area (Å²) < 4.78 is 6.44. The van der Waals surface area contributed by atoms with Crippen molar-refractivity contribution in [3.63, 3.8) is 0 Å². The Morgan fingerprint density at radius 1 is 1.17 bits per heavy atom. The summed E-state index contributed by atoms with van der Waals surface area (Å²) in [5.41, 5.74) is 0. The average molecular weight is 311 g/mol. The number of aromatic nitrogens is 3. The van der Waals surface area contributed by atoms with Crippen molar-refractivity contribution in [2.75, 3.05) is 7.05 Å². The Morgan fingerprint density at radius 2 is 1.89 bits per heavy atom. The third-order valence-corrected chi connectivity index (χ3v) is 2.85. The highest BCUT2D eigenvalue weighted by molar-refractivity contribution is 9.10. The Bertz CT molecular complexity index is 497. The SMILES string of the molecule is CCc1cnc(CN(C)Cc2ncc(Br)cn2)o1. The van der Waals surface area contributed by atoms with Gasteiger partial charge in [-0.05, 0) is 23.0 Å². The van der Waals surface area contributed by atoms with Crippen molar-refractivity contribution in [1.82, 2.24) is 19.9 Å². The van der Waals surface area contributed by atoms with Gasteiger partial charge in [0.15, 0.2) is 0 Å². The summed E-state index contributed by atoms with van der Waals surface area (Å²) in [6.07, 6.45) is 6.14. The number of oxazole rings is 1. The van der Waals surface area contributed by atoms with E-state index in [1.165, 1.54) is 0 Å². The molecule has 0 fully saturated rings. The maximum absolute atomic E-state index is 5.56. The van der Waals surface area contributed by atoms with Crippen LogP contribution in [0.15, 0.2) is 27.5 Å². The van der Waals surface area contributed by atoms with E-state index < -0.39 is 0 Å². The molecule has 0 saturated heterocycles. The second-order valence-electron chi connectivity index (χ2n) is 4.06. The number of rotatable bonds is 5. The molecule has 0 spiro atoms. The van der Waals surface area contributed by atoms with Crippen LogP contribution in [0, 0.1) is 0 Å². The van der Waals surface area contributed by atoms with Gasteiger partial charge in [-0.1, -0.05) is 6.92 Å². The van der Waals surface area contributed by atoms with E-state index in [0.717, 1.165) is 28.4 Å². The molecule has 2 aromatic rings. The molecule has 0 aromatic carbocycles. The summed E-state index contributed by atoms with van der Waals surface area (Å²) >= 11 is 3.31. The maximum Gasteiger partial charge on any atom is 0.208 e. The van der Waals surface area contributed by atoms with E-state index in [1.807, 2.05) is 14.0 Å². The van der Waals surface area contributed by atoms with Gasteiger partial charge < -0.3 is 4.42 Å². The van der Waals surface area contributed by atoms with Gasteiger partial charge in [-0.15, -0.1) is 0 Å². The summed E-state index contributed by atoms with van der Waals surface area (Å²) in [6, 6.07) is 0. The lowest BCUT2D eigenvalue weighted by Gasteiger charge is -2.12. The van der Waals surface area contributed by atoms with E-state index in [-0.39, 0.29) is 0 Å². The molecular weight excluding hydrogens is 296 g/mol. The molecule has 5 nitrogen and oxygen atoms in total. The first-order valence-corrected chi connectivity index (χ1v) is 6.55. The number of aryl methyl sites for hydroxylation is 1. The largest absolute Gasteiger partial charge is 0.444 e. The zero-order valence-corrected chi connectivity index (χ0v) is 12.0. The quantitative estimate of drug-likeness (QED) is 0.849. The molecule has 18 heavy (non-hydrogen) atoms. The van der Waals surface area contributed by atoms with Crippen LogP contribution >= 0.6 is 15.9 Å². The van der Waals surface area contributed by atoms with Crippen LogP contribution in [0.5, 0.6) is 0 Å². The molecule has 2 heterocycles. The first kappa shape index (κ1) is 13.2. The monoisotopic (exact) mass is 310 g/mol. The molecule has 0 N–H and O–H groups in total. The van der Waals surface area contributed by atoms with Crippen molar-refractivity contribution in [3.05, 3.63) is 40.5 Å². The van der Waals surface area contributed by atoms with Gasteiger partial charge in [0.1, 0.15) is 11.6 Å². The van der Waals surface area contributed by atoms with Crippen molar-refractivity contribution >= 4 is 15.9 Å². The van der Waals surface area contributed by atoms with Crippen LogP contribution in [-0.4, -0.2) is 26.9 Å². The lowest BCUT2D eigenvalue weighted by atomic mass is 10.4. The lowest BCUT2D eigenvalue weighted by molar-refractivity contribution is 0.271. The molecule has 2 rings (SSSR count). The van der Waals surface area contributed by atoms with E-state index in [2.05, 4.69) is 35.8 Å². The maximum atomic E-state index is 5.56. The molecule has 0 aliphatic heterocycles. The molecule has 0 atom stereocenters. The first-order valence-electron chi connectivity index (χ1n) is 5.76. The minimum atomic E-state index is 0.652. The molecule has 0 aliphatic carbocycles. The van der Waals surface area contributed by atoms with Crippen LogP contribution in [0.4, 0.5) is 0 Å². The molecule has 6 heteroatoms. The third kappa shape index (κ3) is 3.61. The van der Waals surface area contributed by atoms with Gasteiger partial charge in [-0.2, -0.15) is 0 Å². The van der Waals surface area contributed by atoms with Crippen LogP contribution < -0.4 is 0 Å². The van der Waals surface area contributed by atoms with Crippen molar-refractivity contribution in [3.8, 4) is 0 Å². The van der Waals surface area contributed by atoms with Crippen LogP contribution in [-0.2, 0) is 19.5 Å². The zero-order chi connectivity index (χ0) is 13.0. The predicted molar refractivity (Wildman–Crippen MR) is 70.8 cm³/mol. The Labute approximate surface area is 114 Å². The molecule has 0 amide bonds. The molecule has 0 radical (unpaired) electrons. The minimum Gasteiger partial charge on any atom is -0.444 e. The van der Waals surface area contributed by atoms with Gasteiger partial charge in [0, 0.05) is 18.8 Å². The summed E-state index contributed by atoms with van der Waals surface area (Å²) in [6.45, 7) is 3.36. The van der Waals surface area contributed by atoms with Crippen LogP contribution in [0.25, 0.3) is 0 Å². The number of hydrogen-bond acceptors (Lipinski definition) is 5. The second-order valence-corrected chi connectivity index (χ2v) is 4.98. The summed E-state index contributed by atoms with van der Waals surface area (Å²) in [5.74, 6) is 2.42. The van der Waals surface area contributed by atoms with E-state index >= 15 is 0 Å². The summed E-state index contributed by atoms with van der Waals surface area (Å²) in [4.78, 5) is 14.8. The van der Waals surface area contributed by atoms with Gasteiger partial charge in [0.2, 0.25) is 5.89 Å². The predicted octanol–water partition coefficient (Wildman–Crippen LogP) is 2.42. The first-order chi connectivity index (χ1) is 8.67. The smallest absolute Gasteiger partial charge is 0.208 e. The fraction of sp³-hybridized carbons (Fsp3) is 0.417. The Kier molecular flexibility index (Phi) is 4.43. The van der Waals surface area contributed by atoms with E-state index in [1.54, 1.807) is 18.6 Å². The molecule has 0 unspecified atom stereocenters. The van der Waals surface area contributed by atoms with E-state index in [0.29, 0.717) is 13.1 Å². The van der Waals surface area contributed by atoms with Crippen molar-refractivity contribution < 1.29 is 4.42 Å². The van der Waals surface area contributed by atoms with Gasteiger partial charge >= 0.3 is 0 Å². The number of nitrogens with zero attached hydrogens (tertiary/aromatic N) is 4. The van der Waals surface area contributed by atoms with Gasteiger partial charge in [0.25, 0.3) is 0 Å². The fourth-order valence-electron chi connectivity index (χ4n) is 1.53. The Hall–Kier alpha value is -1.27. The molecular formula is C12H15BrN4O. The van der Waals surface area contributed by atoms with E-state index in [4.69, 9.17) is 4.42 Å². The van der Waals surface area contributed by atoms with Gasteiger partial charge in [-0.25, -0.2) is 15.0 Å². The van der Waals surface area contributed by atoms with Crippen molar-refractivity contribution in [2.24, 2.45) is 0 Å². The van der Waals surface area contributed by atoms with Crippen molar-refractivity contribution in [1.29, 1.82) is 0 Å². The van der Waals surface area contributed by atoms with Gasteiger partial charge in [0.05, 0.1) is 23.8 Å². The van der Waals surface area contributed by atoms with Gasteiger partial charge in [-0.3, -0.25) is 4.90 Å². The zero-order valence-electron chi connectivity index (χ0n) is 10.4. The topological polar surface area (TPSA) is 55.1 Å². The highest BCUT2D eigenvalue weighted by Gasteiger charge is 2.08. The molecule has 96 valence electrons. The molecule has 0 aliphatic rings. The highest BCUT2D eigenvalue weighted by atomic mass is 79.9. The Balaban J connectivity index is 1.91. The van der Waals surface area contributed by atoms with E-state index in [9.17, 15) is 0 Å². The third-order valence-electron chi connectivity index (χ3n) is 2.44. The average Bonchev–Trinajstić information content (AvgIpc) is 2.79. The molecule has 2 aromatic heterocycles. The summed E-state index contributed by atoms with van der Waals surface area (Å²) in [7, 11) is 1.99. The van der Waals surface area contributed by atoms with Crippen LogP contribution in [0.2, 0.25) is 0 Å². The van der Waals surface area contributed by atoms with Crippen molar-refractivity contribution in [2.45, 2.75) is 26.4 Å². The minimum absolute atomic E-state index is 0.652. The fourth-order valence-corrected chi connectivity index (χ4v) is 1.74.